The molecule has 0 bridgehead atoms. The Morgan fingerprint density at radius 1 is 1.42 bits per heavy atom. The second-order valence-electron chi connectivity index (χ2n) is 6.31. The van der Waals surface area contributed by atoms with Crippen molar-refractivity contribution < 1.29 is 4.79 Å². The topological polar surface area (TPSA) is 67.5 Å². The predicted molar refractivity (Wildman–Crippen MR) is 98.5 cm³/mol. The average Bonchev–Trinajstić information content (AvgIpc) is 2.52. The number of aliphatic imine (C=N–C) groups is 1. The summed E-state index contributed by atoms with van der Waals surface area (Å²) in [5, 5.41) is 3.98. The van der Waals surface area contributed by atoms with Crippen LogP contribution >= 0.6 is 11.6 Å². The van der Waals surface area contributed by atoms with Gasteiger partial charge in [-0.15, -0.1) is 0 Å². The predicted octanol–water partition coefficient (Wildman–Crippen LogP) is 3.48. The first-order valence-electron chi connectivity index (χ1n) is 8.31. The van der Waals surface area contributed by atoms with Crippen LogP contribution < -0.4 is 11.1 Å². The molecule has 0 amide bonds. The summed E-state index contributed by atoms with van der Waals surface area (Å²) in [6.45, 7) is 4.66. The molecule has 0 radical (unpaired) electrons. The zero-order chi connectivity index (χ0) is 17.1. The van der Waals surface area contributed by atoms with E-state index in [0.717, 1.165) is 47.6 Å². The molecule has 126 valence electrons. The van der Waals surface area contributed by atoms with Crippen LogP contribution in [0.2, 0.25) is 0 Å². The fourth-order valence-electron chi connectivity index (χ4n) is 3.31. The smallest absolute Gasteiger partial charge is 0.138 e. The number of hydrogen-bond donors (Lipinski definition) is 2. The number of amidine groups is 1. The van der Waals surface area contributed by atoms with Crippen molar-refractivity contribution in [2.75, 3.05) is 6.54 Å². The fraction of sp³-hybridized carbons (Fsp3) is 0.368. The Kier molecular flexibility index (Phi) is 5.17. The molecule has 0 aromatic carbocycles. The molecule has 0 fully saturated rings. The minimum Gasteiger partial charge on any atom is -0.340 e. The molecule has 5 heteroatoms. The lowest BCUT2D eigenvalue weighted by Crippen LogP contribution is -2.34. The second kappa shape index (κ2) is 7.32. The molecule has 3 aliphatic rings. The van der Waals surface area contributed by atoms with Crippen LogP contribution in [0, 0.1) is 5.92 Å². The van der Waals surface area contributed by atoms with Crippen LogP contribution in [0.4, 0.5) is 0 Å². The Balaban J connectivity index is 1.98. The zero-order valence-corrected chi connectivity index (χ0v) is 14.4. The molecule has 0 spiro atoms. The molecule has 1 atom stereocenters. The van der Waals surface area contributed by atoms with Gasteiger partial charge in [-0.25, -0.2) is 4.99 Å². The third-order valence-electron chi connectivity index (χ3n) is 4.53. The molecule has 1 heterocycles. The van der Waals surface area contributed by atoms with E-state index in [4.69, 9.17) is 22.3 Å². The summed E-state index contributed by atoms with van der Waals surface area (Å²) in [6.07, 6.45) is 11.3. The lowest BCUT2D eigenvalue weighted by Gasteiger charge is -2.31. The Hall–Kier alpha value is -1.91. The first-order chi connectivity index (χ1) is 11.6. The summed E-state index contributed by atoms with van der Waals surface area (Å²) < 4.78 is 0. The molecule has 2 aliphatic carbocycles. The van der Waals surface area contributed by atoms with Crippen molar-refractivity contribution >= 4 is 23.2 Å². The minimum atomic E-state index is 0.0910. The molecular formula is C19H22ClN3O. The highest BCUT2D eigenvalue weighted by atomic mass is 35.5. The third-order valence-corrected chi connectivity index (χ3v) is 4.78. The average molecular weight is 344 g/mol. The van der Waals surface area contributed by atoms with Gasteiger partial charge in [0.1, 0.15) is 11.6 Å². The van der Waals surface area contributed by atoms with Crippen LogP contribution in [0.5, 0.6) is 0 Å². The van der Waals surface area contributed by atoms with Gasteiger partial charge in [-0.2, -0.15) is 0 Å². The highest BCUT2D eigenvalue weighted by molar-refractivity contribution is 6.31. The lowest BCUT2D eigenvalue weighted by molar-refractivity contribution is -0.119. The van der Waals surface area contributed by atoms with E-state index in [0.29, 0.717) is 24.4 Å². The summed E-state index contributed by atoms with van der Waals surface area (Å²) in [5.41, 5.74) is 9.52. The first-order valence-corrected chi connectivity index (χ1v) is 8.69. The number of rotatable bonds is 3. The number of nitrogens with two attached hydrogens (primary N) is 1. The van der Waals surface area contributed by atoms with Gasteiger partial charge >= 0.3 is 0 Å². The van der Waals surface area contributed by atoms with E-state index in [1.807, 2.05) is 18.2 Å². The van der Waals surface area contributed by atoms with Crippen molar-refractivity contribution in [3.63, 3.8) is 0 Å². The van der Waals surface area contributed by atoms with Gasteiger partial charge in [-0.3, -0.25) is 4.79 Å². The molecule has 24 heavy (non-hydrogen) atoms. The number of Topliss-reactive ketones (excluding diaryl/α,β-unsaturated/α-hetero) is 1. The number of hydrogen-bond acceptors (Lipinski definition) is 4. The Bertz CT molecular complexity index is 725. The third kappa shape index (κ3) is 3.60. The summed E-state index contributed by atoms with van der Waals surface area (Å²) >= 11 is 6.11. The van der Waals surface area contributed by atoms with Crippen LogP contribution in [0.1, 0.15) is 32.1 Å². The summed E-state index contributed by atoms with van der Waals surface area (Å²) in [4.78, 5) is 16.9. The van der Waals surface area contributed by atoms with E-state index in [2.05, 4.69) is 18.0 Å². The van der Waals surface area contributed by atoms with Gasteiger partial charge < -0.3 is 11.1 Å². The van der Waals surface area contributed by atoms with Crippen LogP contribution in [0.15, 0.2) is 63.4 Å². The highest BCUT2D eigenvalue weighted by Crippen LogP contribution is 2.36. The zero-order valence-electron chi connectivity index (χ0n) is 13.6. The molecule has 3 rings (SSSR count). The van der Waals surface area contributed by atoms with E-state index >= 15 is 0 Å². The fourth-order valence-corrected chi connectivity index (χ4v) is 3.46. The SMILES string of the molecule is C=C1NC(/C2=C/C=C(/Cl)C=CCC2)=NC2=C1CC(=O)CC2CCN. The maximum Gasteiger partial charge on any atom is 0.138 e. The number of carbonyl (C=O) groups is 1. The van der Waals surface area contributed by atoms with E-state index < -0.39 is 0 Å². The number of nitrogens with one attached hydrogen (secondary N) is 1. The molecule has 0 saturated carbocycles. The monoisotopic (exact) mass is 343 g/mol. The van der Waals surface area contributed by atoms with Gasteiger partial charge in [0.25, 0.3) is 0 Å². The van der Waals surface area contributed by atoms with Gasteiger partial charge in [0.15, 0.2) is 0 Å². The van der Waals surface area contributed by atoms with Gasteiger partial charge in [0.05, 0.1) is 5.70 Å². The lowest BCUT2D eigenvalue weighted by atomic mass is 9.82. The van der Waals surface area contributed by atoms with Crippen molar-refractivity contribution in [3.8, 4) is 0 Å². The van der Waals surface area contributed by atoms with Gasteiger partial charge in [0.2, 0.25) is 0 Å². The molecule has 1 aliphatic heterocycles. The van der Waals surface area contributed by atoms with Crippen molar-refractivity contribution in [2.45, 2.75) is 32.1 Å². The number of allylic oxidation sites excluding steroid dienone is 7. The van der Waals surface area contributed by atoms with Crippen molar-refractivity contribution in [3.05, 3.63) is 58.5 Å². The Morgan fingerprint density at radius 3 is 3.04 bits per heavy atom. The molecule has 0 saturated heterocycles. The minimum absolute atomic E-state index is 0.0910. The molecule has 0 aromatic rings. The maximum atomic E-state index is 12.0. The van der Waals surface area contributed by atoms with E-state index in [1.165, 1.54) is 0 Å². The van der Waals surface area contributed by atoms with Crippen LogP contribution in [0.25, 0.3) is 0 Å². The van der Waals surface area contributed by atoms with E-state index in [1.54, 1.807) is 0 Å². The van der Waals surface area contributed by atoms with E-state index in [-0.39, 0.29) is 11.7 Å². The largest absolute Gasteiger partial charge is 0.340 e. The molecule has 3 N–H and O–H groups in total. The normalized spacial score (nSPS) is 28.8. The standard InChI is InChI=1S/C19H22ClN3O/c1-12-17-11-16(24)10-14(8-9-21)18(17)23-19(22-12)13-4-2-3-5-15(20)7-6-13/h3,5-7,14H,1-2,4,8-11,21H2,(H,22,23)/b5-3?,13-6+,15-7+. The summed E-state index contributed by atoms with van der Waals surface area (Å²) in [7, 11) is 0. The molecule has 0 aromatic heterocycles. The highest BCUT2D eigenvalue weighted by Gasteiger charge is 2.32. The number of carbonyl (C=O) groups excluding carboxylic acids is 1. The van der Waals surface area contributed by atoms with Gasteiger partial charge in [0, 0.05) is 35.1 Å². The molecule has 1 unspecified atom stereocenters. The van der Waals surface area contributed by atoms with Crippen molar-refractivity contribution in [2.24, 2.45) is 16.6 Å². The summed E-state index contributed by atoms with van der Waals surface area (Å²) in [5.74, 6) is 1.14. The van der Waals surface area contributed by atoms with Crippen molar-refractivity contribution in [1.29, 1.82) is 0 Å². The Labute approximate surface area is 147 Å². The van der Waals surface area contributed by atoms with Gasteiger partial charge in [-0.1, -0.05) is 30.3 Å². The maximum absolute atomic E-state index is 12.0. The van der Waals surface area contributed by atoms with Crippen LogP contribution in [0.3, 0.4) is 0 Å². The van der Waals surface area contributed by atoms with Crippen molar-refractivity contribution in [1.82, 2.24) is 5.32 Å². The number of ketones is 1. The first kappa shape index (κ1) is 16.9. The van der Waals surface area contributed by atoms with Gasteiger partial charge in [-0.05, 0) is 43.5 Å². The quantitative estimate of drug-likeness (QED) is 0.824. The van der Waals surface area contributed by atoms with E-state index in [9.17, 15) is 4.79 Å². The number of halogens is 1. The van der Waals surface area contributed by atoms with Crippen LogP contribution in [-0.4, -0.2) is 18.2 Å². The molecular weight excluding hydrogens is 322 g/mol. The number of nitrogens with zero attached hydrogens (tertiary/aromatic N) is 1. The van der Waals surface area contributed by atoms with Crippen LogP contribution in [-0.2, 0) is 4.79 Å². The molecule has 4 nitrogen and oxygen atoms in total. The summed E-state index contributed by atoms with van der Waals surface area (Å²) in [6, 6.07) is 0. The Morgan fingerprint density at radius 2 is 2.25 bits per heavy atom. The second-order valence-corrected chi connectivity index (χ2v) is 6.74.